The maximum Gasteiger partial charge on any atom is 0.0465 e. The molecular formula is C12H25NO. The zero-order valence-electron chi connectivity index (χ0n) is 9.72. The van der Waals surface area contributed by atoms with Gasteiger partial charge in [0.15, 0.2) is 0 Å². The summed E-state index contributed by atoms with van der Waals surface area (Å²) in [6.07, 6.45) is 6.73. The van der Waals surface area contributed by atoms with Crippen LogP contribution in [0.5, 0.6) is 0 Å². The van der Waals surface area contributed by atoms with E-state index in [1.165, 1.54) is 45.2 Å². The van der Waals surface area contributed by atoms with Crippen molar-refractivity contribution in [2.24, 2.45) is 11.8 Å². The van der Waals surface area contributed by atoms with Crippen molar-refractivity contribution in [1.29, 1.82) is 0 Å². The van der Waals surface area contributed by atoms with E-state index in [0.717, 1.165) is 18.4 Å². The Kier molecular flexibility index (Phi) is 6.20. The van der Waals surface area contributed by atoms with Crippen LogP contribution in [0.25, 0.3) is 0 Å². The number of methoxy groups -OCH3 is 1. The Morgan fingerprint density at radius 1 is 1.36 bits per heavy atom. The number of rotatable bonds is 9. The van der Waals surface area contributed by atoms with Crippen molar-refractivity contribution < 1.29 is 4.74 Å². The fraction of sp³-hybridized carbons (Fsp3) is 1.00. The molecule has 2 heteroatoms. The highest BCUT2D eigenvalue weighted by molar-refractivity contribution is 4.76. The van der Waals surface area contributed by atoms with Gasteiger partial charge in [-0.1, -0.05) is 13.3 Å². The Labute approximate surface area is 88.4 Å². The van der Waals surface area contributed by atoms with Gasteiger partial charge in [-0.25, -0.2) is 0 Å². The molecule has 0 spiro atoms. The number of hydrogen-bond donors (Lipinski definition) is 1. The van der Waals surface area contributed by atoms with Gasteiger partial charge < -0.3 is 10.1 Å². The van der Waals surface area contributed by atoms with E-state index in [2.05, 4.69) is 12.2 Å². The van der Waals surface area contributed by atoms with E-state index in [0.29, 0.717) is 0 Å². The molecule has 1 N–H and O–H groups in total. The lowest BCUT2D eigenvalue weighted by Crippen LogP contribution is -2.25. The van der Waals surface area contributed by atoms with Crippen molar-refractivity contribution in [2.75, 3.05) is 26.8 Å². The lowest BCUT2D eigenvalue weighted by molar-refractivity contribution is 0.174. The highest BCUT2D eigenvalue weighted by Gasteiger charge is 2.20. The van der Waals surface area contributed by atoms with Crippen LogP contribution in [-0.2, 0) is 4.74 Å². The second-order valence-electron chi connectivity index (χ2n) is 4.54. The van der Waals surface area contributed by atoms with Crippen LogP contribution in [0.2, 0.25) is 0 Å². The van der Waals surface area contributed by atoms with Gasteiger partial charge in [-0.2, -0.15) is 0 Å². The smallest absolute Gasteiger partial charge is 0.0465 e. The molecule has 0 saturated heterocycles. The average molecular weight is 199 g/mol. The molecule has 1 aliphatic carbocycles. The largest absolute Gasteiger partial charge is 0.385 e. The molecule has 2 nitrogen and oxygen atoms in total. The molecule has 0 radical (unpaired) electrons. The van der Waals surface area contributed by atoms with E-state index in [1.54, 1.807) is 7.11 Å². The van der Waals surface area contributed by atoms with Crippen LogP contribution < -0.4 is 5.32 Å². The van der Waals surface area contributed by atoms with Crippen molar-refractivity contribution in [2.45, 2.75) is 39.0 Å². The zero-order chi connectivity index (χ0) is 10.2. The Morgan fingerprint density at radius 2 is 2.14 bits per heavy atom. The lowest BCUT2D eigenvalue weighted by atomic mass is 10.0. The van der Waals surface area contributed by atoms with Crippen molar-refractivity contribution in [1.82, 2.24) is 5.32 Å². The first kappa shape index (κ1) is 12.0. The van der Waals surface area contributed by atoms with E-state index in [4.69, 9.17) is 4.74 Å². The van der Waals surface area contributed by atoms with Crippen molar-refractivity contribution in [3.8, 4) is 0 Å². The van der Waals surface area contributed by atoms with E-state index >= 15 is 0 Å². The fourth-order valence-electron chi connectivity index (χ4n) is 1.85. The number of nitrogens with one attached hydrogen (secondary N) is 1. The third kappa shape index (κ3) is 5.61. The first-order chi connectivity index (χ1) is 6.86. The minimum atomic E-state index is 0.818. The molecule has 0 aromatic heterocycles. The van der Waals surface area contributed by atoms with Gasteiger partial charge in [0.05, 0.1) is 0 Å². The van der Waals surface area contributed by atoms with E-state index in [9.17, 15) is 0 Å². The summed E-state index contributed by atoms with van der Waals surface area (Å²) in [4.78, 5) is 0. The fourth-order valence-corrected chi connectivity index (χ4v) is 1.85. The Balaban J connectivity index is 1.99. The van der Waals surface area contributed by atoms with Gasteiger partial charge in [-0.3, -0.25) is 0 Å². The van der Waals surface area contributed by atoms with Crippen LogP contribution in [0, 0.1) is 11.8 Å². The van der Waals surface area contributed by atoms with Gasteiger partial charge in [0.25, 0.3) is 0 Å². The standard InChI is InChI=1S/C12H25NO/c1-3-4-11(7-8-14-2)9-13-10-12-5-6-12/h11-13H,3-10H2,1-2H3/t11-/m0/s1. The van der Waals surface area contributed by atoms with Gasteiger partial charge in [-0.05, 0) is 50.6 Å². The Morgan fingerprint density at radius 3 is 2.71 bits per heavy atom. The summed E-state index contributed by atoms with van der Waals surface area (Å²) in [5, 5.41) is 3.59. The Hall–Kier alpha value is -0.0800. The van der Waals surface area contributed by atoms with Gasteiger partial charge in [0, 0.05) is 13.7 Å². The SMILES string of the molecule is CCC[C@@H](CCOC)CNCC1CC1. The molecule has 1 fully saturated rings. The van der Waals surface area contributed by atoms with E-state index in [-0.39, 0.29) is 0 Å². The maximum atomic E-state index is 5.13. The second-order valence-corrected chi connectivity index (χ2v) is 4.54. The monoisotopic (exact) mass is 199 g/mol. The van der Waals surface area contributed by atoms with Gasteiger partial charge in [0.2, 0.25) is 0 Å². The molecule has 1 aliphatic rings. The summed E-state index contributed by atoms with van der Waals surface area (Å²) < 4.78 is 5.13. The van der Waals surface area contributed by atoms with E-state index < -0.39 is 0 Å². The molecule has 0 unspecified atom stereocenters. The molecular weight excluding hydrogens is 174 g/mol. The first-order valence-corrected chi connectivity index (χ1v) is 6.06. The molecule has 0 aromatic carbocycles. The van der Waals surface area contributed by atoms with Gasteiger partial charge in [-0.15, -0.1) is 0 Å². The van der Waals surface area contributed by atoms with Gasteiger partial charge in [0.1, 0.15) is 0 Å². The quantitative estimate of drug-likeness (QED) is 0.616. The third-order valence-corrected chi connectivity index (χ3v) is 2.99. The second kappa shape index (κ2) is 7.24. The van der Waals surface area contributed by atoms with Crippen molar-refractivity contribution in [3.05, 3.63) is 0 Å². The number of ether oxygens (including phenoxy) is 1. The predicted molar refractivity (Wildman–Crippen MR) is 60.5 cm³/mol. The normalized spacial score (nSPS) is 18.4. The zero-order valence-corrected chi connectivity index (χ0v) is 9.72. The lowest BCUT2D eigenvalue weighted by Gasteiger charge is -2.16. The minimum absolute atomic E-state index is 0.818. The summed E-state index contributed by atoms with van der Waals surface area (Å²) in [5.74, 6) is 1.82. The van der Waals surface area contributed by atoms with Crippen LogP contribution in [0.3, 0.4) is 0 Å². The van der Waals surface area contributed by atoms with Crippen LogP contribution in [0.4, 0.5) is 0 Å². The topological polar surface area (TPSA) is 21.3 Å². The summed E-state index contributed by atoms with van der Waals surface area (Å²) in [6.45, 7) is 5.61. The molecule has 0 bridgehead atoms. The summed E-state index contributed by atoms with van der Waals surface area (Å²) in [5.41, 5.74) is 0. The van der Waals surface area contributed by atoms with Crippen LogP contribution in [0.1, 0.15) is 39.0 Å². The predicted octanol–water partition coefficient (Wildman–Crippen LogP) is 2.44. The molecule has 0 aliphatic heterocycles. The first-order valence-electron chi connectivity index (χ1n) is 6.06. The van der Waals surface area contributed by atoms with Crippen LogP contribution in [0.15, 0.2) is 0 Å². The molecule has 1 atom stereocenters. The maximum absolute atomic E-state index is 5.13. The molecule has 1 saturated carbocycles. The van der Waals surface area contributed by atoms with Crippen LogP contribution in [-0.4, -0.2) is 26.8 Å². The van der Waals surface area contributed by atoms with Gasteiger partial charge >= 0.3 is 0 Å². The molecule has 1 rings (SSSR count). The molecule has 84 valence electrons. The Bertz CT molecular complexity index is 134. The average Bonchev–Trinajstić information content (AvgIpc) is 2.98. The minimum Gasteiger partial charge on any atom is -0.385 e. The highest BCUT2D eigenvalue weighted by Crippen LogP contribution is 2.27. The molecule has 14 heavy (non-hydrogen) atoms. The summed E-state index contributed by atoms with van der Waals surface area (Å²) in [6, 6.07) is 0. The molecule has 0 aromatic rings. The summed E-state index contributed by atoms with van der Waals surface area (Å²) in [7, 11) is 1.79. The highest BCUT2D eigenvalue weighted by atomic mass is 16.5. The number of hydrogen-bond acceptors (Lipinski definition) is 2. The van der Waals surface area contributed by atoms with E-state index in [1.807, 2.05) is 0 Å². The molecule has 0 amide bonds. The summed E-state index contributed by atoms with van der Waals surface area (Å²) >= 11 is 0. The van der Waals surface area contributed by atoms with Crippen LogP contribution >= 0.6 is 0 Å². The molecule has 0 heterocycles. The third-order valence-electron chi connectivity index (χ3n) is 2.99. The van der Waals surface area contributed by atoms with Crippen molar-refractivity contribution in [3.63, 3.8) is 0 Å². The van der Waals surface area contributed by atoms with Crippen molar-refractivity contribution >= 4 is 0 Å².